The van der Waals surface area contributed by atoms with Crippen molar-refractivity contribution in [2.24, 2.45) is 0 Å². The van der Waals surface area contributed by atoms with E-state index in [9.17, 15) is 0 Å². The fraction of sp³-hybridized carbons (Fsp3) is 1.00. The Morgan fingerprint density at radius 2 is 1.21 bits per heavy atom. The maximum absolute atomic E-state index is 6.18. The predicted octanol–water partition coefficient (Wildman–Crippen LogP) is 1.83. The van der Waals surface area contributed by atoms with Crippen molar-refractivity contribution < 1.29 is 0 Å². The van der Waals surface area contributed by atoms with Gasteiger partial charge in [0.2, 0.25) is 0 Å². The van der Waals surface area contributed by atoms with Gasteiger partial charge in [0.1, 0.15) is 16.5 Å². The molecule has 14 heavy (non-hydrogen) atoms. The zero-order valence-electron chi connectivity index (χ0n) is 10.6. The summed E-state index contributed by atoms with van der Waals surface area (Å²) in [5.74, 6) is 0. The summed E-state index contributed by atoms with van der Waals surface area (Å²) in [6.45, 7) is 16.1. The second-order valence-corrected chi connectivity index (χ2v) is 18.2. The van der Waals surface area contributed by atoms with Crippen molar-refractivity contribution >= 4 is 36.4 Å². The molecule has 86 valence electrons. The first kappa shape index (κ1) is 14.9. The number of nitrogens with one attached hydrogen (secondary N) is 2. The highest BCUT2D eigenvalue weighted by atomic mass is 35.6. The van der Waals surface area contributed by atoms with E-state index in [-0.39, 0.29) is 5.29 Å². The smallest absolute Gasteiger partial charge is 0.161 e. The highest BCUT2D eigenvalue weighted by Crippen LogP contribution is 2.10. The van der Waals surface area contributed by atoms with Crippen LogP contribution in [-0.4, -0.2) is 30.6 Å². The van der Waals surface area contributed by atoms with Gasteiger partial charge in [0.15, 0.2) is 8.83 Å². The fourth-order valence-electron chi connectivity index (χ4n) is 1.75. The summed E-state index contributed by atoms with van der Waals surface area (Å²) in [5.41, 5.74) is 0. The van der Waals surface area contributed by atoms with Crippen molar-refractivity contribution in [3.63, 3.8) is 0 Å². The molecular weight excluding hydrogens is 244 g/mol. The average molecular weight is 269 g/mol. The third-order valence-electron chi connectivity index (χ3n) is 1.57. The summed E-state index contributed by atoms with van der Waals surface area (Å²) in [5, 5.41) is 0.0382. The Kier molecular flexibility index (Phi) is 5.09. The van der Waals surface area contributed by atoms with Crippen LogP contribution in [0.5, 0.6) is 0 Å². The van der Waals surface area contributed by atoms with Crippen LogP contribution in [0.2, 0.25) is 39.3 Å². The number of hydrogen-bond acceptors (Lipinski definition) is 2. The van der Waals surface area contributed by atoms with Gasteiger partial charge in [0.25, 0.3) is 0 Å². The molecule has 2 N–H and O–H groups in total. The van der Waals surface area contributed by atoms with Crippen molar-refractivity contribution in [3.8, 4) is 0 Å². The zero-order valence-corrected chi connectivity index (χ0v) is 14.8. The molecule has 0 amide bonds. The minimum atomic E-state index is -1.25. The van der Waals surface area contributed by atoms with Crippen molar-refractivity contribution in [2.45, 2.75) is 51.5 Å². The van der Waals surface area contributed by atoms with Gasteiger partial charge in [-0.05, 0) is 6.92 Å². The lowest BCUT2D eigenvalue weighted by molar-refractivity contribution is 0.551. The topological polar surface area (TPSA) is 24.1 Å². The molecule has 0 fully saturated rings. The Morgan fingerprint density at radius 3 is 1.36 bits per heavy atom. The maximum atomic E-state index is 6.18. The molecule has 0 rings (SSSR count). The van der Waals surface area contributed by atoms with E-state index in [0.29, 0.717) is 0 Å². The largest absolute Gasteiger partial charge is 0.323 e. The lowest BCUT2D eigenvalue weighted by Gasteiger charge is -2.40. The molecule has 0 heterocycles. The molecule has 0 atom stereocenters. The number of halogens is 1. The average Bonchev–Trinajstić information content (AvgIpc) is 1.78. The monoisotopic (exact) mass is 268 g/mol. The van der Waals surface area contributed by atoms with Gasteiger partial charge < -0.3 is 9.96 Å². The molecule has 0 aliphatic heterocycles. The second kappa shape index (κ2) is 4.80. The van der Waals surface area contributed by atoms with E-state index in [1.165, 1.54) is 0 Å². The molecule has 0 saturated carbocycles. The highest BCUT2D eigenvalue weighted by molar-refractivity contribution is 6.96. The van der Waals surface area contributed by atoms with Crippen LogP contribution in [0.15, 0.2) is 0 Å². The quantitative estimate of drug-likeness (QED) is 0.452. The van der Waals surface area contributed by atoms with Gasteiger partial charge in [0, 0.05) is 0 Å². The minimum Gasteiger partial charge on any atom is -0.323 e. The molecule has 0 aromatic heterocycles. The third kappa shape index (κ3) is 7.19. The molecule has 2 nitrogen and oxygen atoms in total. The van der Waals surface area contributed by atoms with E-state index in [0.717, 1.165) is 0 Å². The third-order valence-corrected chi connectivity index (χ3v) is 7.37. The molecule has 0 spiro atoms. The van der Waals surface area contributed by atoms with Gasteiger partial charge in [-0.2, -0.15) is 11.1 Å². The Morgan fingerprint density at radius 1 is 0.929 bits per heavy atom. The molecule has 6 heteroatoms. The van der Waals surface area contributed by atoms with E-state index in [1.807, 2.05) is 0 Å². The van der Waals surface area contributed by atoms with Crippen LogP contribution >= 0.6 is 11.1 Å². The molecule has 0 unspecified atom stereocenters. The van der Waals surface area contributed by atoms with E-state index >= 15 is 0 Å². The first-order valence-electron chi connectivity index (χ1n) is 5.12. The lowest BCUT2D eigenvalue weighted by Crippen LogP contribution is -2.70. The summed E-state index contributed by atoms with van der Waals surface area (Å²) in [6, 6.07) is 0. The normalized spacial score (nSPS) is 15.4. The molecule has 0 aromatic carbocycles. The molecule has 0 aliphatic carbocycles. The van der Waals surface area contributed by atoms with Gasteiger partial charge in [0.05, 0.1) is 5.29 Å². The maximum Gasteiger partial charge on any atom is 0.161 e. The van der Waals surface area contributed by atoms with Crippen LogP contribution in [0.25, 0.3) is 0 Å². The highest BCUT2D eigenvalue weighted by Gasteiger charge is 2.33. The van der Waals surface area contributed by atoms with Crippen molar-refractivity contribution in [2.75, 3.05) is 0 Å². The predicted molar refractivity (Wildman–Crippen MR) is 75.8 cm³/mol. The van der Waals surface area contributed by atoms with Gasteiger partial charge in [-0.25, -0.2) is 0 Å². The van der Waals surface area contributed by atoms with Gasteiger partial charge in [-0.15, -0.1) is 0 Å². The minimum absolute atomic E-state index is 0.0382. The second-order valence-electron chi connectivity index (χ2n) is 6.22. The standard InChI is InChI=1S/C8H25ClN2Si3/c1-8(12-9,10-13(2,3)4)11-14(5,6)7/h10-11H,12H2,1-7H3. The first-order chi connectivity index (χ1) is 5.97. The van der Waals surface area contributed by atoms with Crippen LogP contribution in [0.4, 0.5) is 0 Å². The Bertz CT molecular complexity index is 170. The van der Waals surface area contributed by atoms with E-state index in [2.05, 4.69) is 56.2 Å². The van der Waals surface area contributed by atoms with E-state index in [4.69, 9.17) is 11.1 Å². The van der Waals surface area contributed by atoms with Crippen molar-refractivity contribution in [1.82, 2.24) is 9.96 Å². The Balaban J connectivity index is 4.49. The molecule has 0 aliphatic rings. The summed E-state index contributed by atoms with van der Waals surface area (Å²) in [4.78, 5) is 7.46. The van der Waals surface area contributed by atoms with Crippen molar-refractivity contribution in [3.05, 3.63) is 0 Å². The lowest BCUT2D eigenvalue weighted by atomic mass is 10.6. The van der Waals surface area contributed by atoms with Crippen LogP contribution in [0.1, 0.15) is 6.92 Å². The van der Waals surface area contributed by atoms with Gasteiger partial charge in [-0.1, -0.05) is 39.3 Å². The summed E-state index contributed by atoms with van der Waals surface area (Å²) in [6.07, 6.45) is 0. The number of hydrogen-bond donors (Lipinski definition) is 2. The van der Waals surface area contributed by atoms with Crippen LogP contribution < -0.4 is 9.96 Å². The van der Waals surface area contributed by atoms with E-state index < -0.39 is 25.3 Å². The molecule has 0 saturated heterocycles. The molecular formula is C8H25ClN2Si3. The summed E-state index contributed by atoms with van der Waals surface area (Å²) < 4.78 is 0. The zero-order chi connectivity index (χ0) is 11.6. The Labute approximate surface area is 97.9 Å². The van der Waals surface area contributed by atoms with Crippen LogP contribution in [0, 0.1) is 0 Å². The summed E-state index contributed by atoms with van der Waals surface area (Å²) >= 11 is 6.18. The summed E-state index contributed by atoms with van der Waals surface area (Å²) in [7, 11) is -3.12. The van der Waals surface area contributed by atoms with Gasteiger partial charge in [-0.3, -0.25) is 0 Å². The molecule has 0 radical (unpaired) electrons. The fourth-order valence-corrected chi connectivity index (χ4v) is 10.2. The first-order valence-corrected chi connectivity index (χ1v) is 15.0. The van der Waals surface area contributed by atoms with Crippen LogP contribution in [0.3, 0.4) is 0 Å². The van der Waals surface area contributed by atoms with E-state index in [1.54, 1.807) is 0 Å². The SMILES string of the molecule is CC(N[Si](C)(C)C)(N[Si](C)(C)C)[SiH2]Cl. The Hall–Kier alpha value is 0.861. The van der Waals surface area contributed by atoms with Crippen molar-refractivity contribution in [1.29, 1.82) is 0 Å². The van der Waals surface area contributed by atoms with Gasteiger partial charge >= 0.3 is 0 Å². The molecule has 0 aromatic rings. The molecule has 0 bridgehead atoms. The number of rotatable bonds is 5. The van der Waals surface area contributed by atoms with Crippen LogP contribution in [-0.2, 0) is 0 Å².